The van der Waals surface area contributed by atoms with Crippen molar-refractivity contribution in [1.29, 1.82) is 0 Å². The van der Waals surface area contributed by atoms with E-state index < -0.39 is 24.3 Å². The highest BCUT2D eigenvalue weighted by Crippen LogP contribution is 2.41. The zero-order valence-electron chi connectivity index (χ0n) is 36.3. The normalized spacial score (nSPS) is 24.0. The molecule has 0 aliphatic carbocycles. The summed E-state index contributed by atoms with van der Waals surface area (Å²) in [4.78, 5) is 72.8. The predicted octanol–water partition coefficient (Wildman–Crippen LogP) is 6.48. The average Bonchev–Trinajstić information content (AvgIpc) is 4.07. The molecule has 0 bridgehead atoms. The summed E-state index contributed by atoms with van der Waals surface area (Å²) in [5, 5.41) is 7.62. The van der Waals surface area contributed by atoms with Crippen LogP contribution in [0.25, 0.3) is 22.0 Å². The maximum Gasteiger partial charge on any atom is 0.407 e. The Kier molecular flexibility index (Phi) is 13.0. The summed E-state index contributed by atoms with van der Waals surface area (Å²) in [6.45, 7) is 13.3. The highest BCUT2D eigenvalue weighted by atomic mass is 16.5. The molecule has 15 heteroatoms. The lowest BCUT2D eigenvalue weighted by molar-refractivity contribution is -0.139. The van der Waals surface area contributed by atoms with Crippen LogP contribution in [0.1, 0.15) is 102 Å². The SMILES string of the molecule is COC(=O)N[C@H](C(=O)N1[C@H](C)[C@H](C)C[C@H]1c1ncc(-c2ccc3cc(C#Cc4cnc([C@@H]5C[C@@H](C)[C@@H](C)N5C(=O)[C@@H](NC(=O)OC)C5CCOCC5)[nH]4)ccc3c2)[nH]1)C(C)C. The molecule has 324 valence electrons. The molecule has 15 nitrogen and oxygen atoms in total. The van der Waals surface area contributed by atoms with Gasteiger partial charge in [0.15, 0.2) is 0 Å². The van der Waals surface area contributed by atoms with Crippen LogP contribution in [-0.2, 0) is 23.8 Å². The van der Waals surface area contributed by atoms with Crippen LogP contribution >= 0.6 is 0 Å². The molecule has 3 fully saturated rings. The van der Waals surface area contributed by atoms with Gasteiger partial charge in [-0.1, -0.05) is 51.8 Å². The highest BCUT2D eigenvalue weighted by Gasteiger charge is 2.46. The molecule has 3 aliphatic rings. The van der Waals surface area contributed by atoms with Gasteiger partial charge in [0, 0.05) is 36.4 Å². The van der Waals surface area contributed by atoms with E-state index >= 15 is 0 Å². The van der Waals surface area contributed by atoms with Crippen LogP contribution in [0.4, 0.5) is 9.59 Å². The summed E-state index contributed by atoms with van der Waals surface area (Å²) < 4.78 is 15.3. The van der Waals surface area contributed by atoms with Crippen molar-refractivity contribution in [1.82, 2.24) is 40.4 Å². The third-order valence-corrected chi connectivity index (χ3v) is 13.1. The van der Waals surface area contributed by atoms with Gasteiger partial charge < -0.3 is 44.6 Å². The van der Waals surface area contributed by atoms with Crippen LogP contribution in [0.5, 0.6) is 0 Å². The van der Waals surface area contributed by atoms with Gasteiger partial charge in [0.2, 0.25) is 11.8 Å². The maximum absolute atomic E-state index is 14.3. The summed E-state index contributed by atoms with van der Waals surface area (Å²) in [7, 11) is 2.60. The molecule has 3 saturated heterocycles. The Balaban J connectivity index is 1.06. The summed E-state index contributed by atoms with van der Waals surface area (Å²) in [5.74, 6) is 7.84. The fourth-order valence-corrected chi connectivity index (χ4v) is 9.13. The monoisotopic (exact) mass is 834 g/mol. The second-order valence-electron chi connectivity index (χ2n) is 17.2. The minimum atomic E-state index is -0.725. The van der Waals surface area contributed by atoms with Crippen molar-refractivity contribution in [3.63, 3.8) is 0 Å². The van der Waals surface area contributed by atoms with Gasteiger partial charge in [-0.15, -0.1) is 0 Å². The number of nitrogens with one attached hydrogen (secondary N) is 4. The van der Waals surface area contributed by atoms with Crippen molar-refractivity contribution in [2.24, 2.45) is 23.7 Å². The van der Waals surface area contributed by atoms with Gasteiger partial charge in [-0.05, 0) is 98.1 Å². The average molecular weight is 835 g/mol. The van der Waals surface area contributed by atoms with Gasteiger partial charge in [0.05, 0.1) is 44.4 Å². The van der Waals surface area contributed by atoms with E-state index in [0.29, 0.717) is 43.4 Å². The summed E-state index contributed by atoms with van der Waals surface area (Å²) >= 11 is 0. The molecular weight excluding hydrogens is 777 g/mol. The molecule has 4 N–H and O–H groups in total. The lowest BCUT2D eigenvalue weighted by Gasteiger charge is -2.36. The van der Waals surface area contributed by atoms with E-state index in [0.717, 1.165) is 40.4 Å². The molecule has 0 unspecified atom stereocenters. The number of hydrogen-bond donors (Lipinski definition) is 4. The standard InChI is InChI=1S/C46H58N8O7/c1-25(2)39(51-45(57)59-7)43(55)53-28(5)27(4)20-38(53)42-48-24-36(50-42)34-13-12-32-21-30(9-11-33(32)22-34)10-14-35-23-47-41(49-35)37-19-26(3)29(6)54(37)44(56)40(52-46(58)60-8)31-15-17-61-18-16-31/h9,11-13,21-29,31,37-40H,15-20H2,1-8H3,(H,47,49)(H,48,50)(H,51,57)(H,52,58)/t26-,27-,28-,29-,37+,38+,39+,40+/m1/s1. The smallest absolute Gasteiger partial charge is 0.407 e. The number of carbonyl (C=O) groups excluding carboxylic acids is 4. The zero-order valence-corrected chi connectivity index (χ0v) is 36.3. The number of methoxy groups -OCH3 is 2. The van der Waals surface area contributed by atoms with Crippen molar-refractivity contribution >= 4 is 34.8 Å². The maximum atomic E-state index is 14.3. The first-order valence-corrected chi connectivity index (χ1v) is 21.3. The van der Waals surface area contributed by atoms with Crippen molar-refractivity contribution in [3.8, 4) is 23.1 Å². The number of carbonyl (C=O) groups is 4. The van der Waals surface area contributed by atoms with E-state index in [1.807, 2.05) is 68.0 Å². The molecule has 4 amide bonds. The van der Waals surface area contributed by atoms with E-state index in [1.54, 1.807) is 6.20 Å². The number of benzene rings is 2. The van der Waals surface area contributed by atoms with Crippen molar-refractivity contribution in [2.75, 3.05) is 27.4 Å². The summed E-state index contributed by atoms with van der Waals surface area (Å²) in [5.41, 5.74) is 3.28. The Morgan fingerprint density at radius 3 is 2.02 bits per heavy atom. The van der Waals surface area contributed by atoms with Gasteiger partial charge in [-0.3, -0.25) is 9.59 Å². The van der Waals surface area contributed by atoms with Crippen molar-refractivity contribution in [3.05, 3.63) is 71.7 Å². The number of aromatic amines is 2. The molecule has 8 atom stereocenters. The Labute approximate surface area is 357 Å². The zero-order chi connectivity index (χ0) is 43.5. The Morgan fingerprint density at radius 1 is 0.770 bits per heavy atom. The summed E-state index contributed by atoms with van der Waals surface area (Å²) in [6, 6.07) is 10.2. The number of imidazole rings is 2. The molecule has 0 spiro atoms. The fourth-order valence-electron chi connectivity index (χ4n) is 9.13. The second-order valence-corrected chi connectivity index (χ2v) is 17.2. The number of hydrogen-bond acceptors (Lipinski definition) is 9. The largest absolute Gasteiger partial charge is 0.453 e. The number of fused-ring (bicyclic) bond motifs is 1. The molecule has 2 aromatic heterocycles. The molecular formula is C46H58N8O7. The van der Waals surface area contributed by atoms with Crippen molar-refractivity contribution in [2.45, 2.75) is 103 Å². The number of rotatable bonds is 9. The Hall–Kier alpha value is -5.88. The predicted molar refractivity (Wildman–Crippen MR) is 229 cm³/mol. The Bertz CT molecular complexity index is 2300. The minimum absolute atomic E-state index is 0.0421. The fraction of sp³-hybridized carbons (Fsp3) is 0.522. The van der Waals surface area contributed by atoms with Gasteiger partial charge in [-0.2, -0.15) is 0 Å². The van der Waals surface area contributed by atoms with Gasteiger partial charge >= 0.3 is 12.2 Å². The quantitative estimate of drug-likeness (QED) is 0.137. The number of amides is 4. The third-order valence-electron chi connectivity index (χ3n) is 13.1. The molecule has 3 aliphatic heterocycles. The van der Waals surface area contributed by atoms with Crippen molar-refractivity contribution < 1.29 is 33.4 Å². The Morgan fingerprint density at radius 2 is 1.36 bits per heavy atom. The van der Waals surface area contributed by atoms with E-state index in [9.17, 15) is 19.2 Å². The third kappa shape index (κ3) is 9.10. The lowest BCUT2D eigenvalue weighted by atomic mass is 9.90. The van der Waals surface area contributed by atoms with E-state index in [4.69, 9.17) is 24.2 Å². The topological polar surface area (TPSA) is 184 Å². The first kappa shape index (κ1) is 43.2. The second kappa shape index (κ2) is 18.4. The van der Waals surface area contributed by atoms with Crippen LogP contribution in [0, 0.1) is 35.5 Å². The van der Waals surface area contributed by atoms with Gasteiger partial charge in [-0.25, -0.2) is 19.6 Å². The number of ether oxygens (including phenoxy) is 3. The van der Waals surface area contributed by atoms with E-state index in [-0.39, 0.29) is 59.7 Å². The number of aromatic nitrogens is 4. The van der Waals surface area contributed by atoms with Crippen LogP contribution in [-0.4, -0.2) is 105 Å². The molecule has 4 aromatic rings. The number of H-pyrrole nitrogens is 2. The minimum Gasteiger partial charge on any atom is -0.453 e. The molecule has 0 radical (unpaired) electrons. The molecule has 5 heterocycles. The van der Waals surface area contributed by atoms with Crippen LogP contribution in [0.2, 0.25) is 0 Å². The van der Waals surface area contributed by atoms with Crippen LogP contribution < -0.4 is 10.6 Å². The van der Waals surface area contributed by atoms with E-state index in [2.05, 4.69) is 58.4 Å². The molecule has 61 heavy (non-hydrogen) atoms. The number of likely N-dealkylation sites (tertiary alicyclic amines) is 2. The van der Waals surface area contributed by atoms with Crippen LogP contribution in [0.3, 0.4) is 0 Å². The van der Waals surface area contributed by atoms with Gasteiger partial charge in [0.25, 0.3) is 0 Å². The highest BCUT2D eigenvalue weighted by molar-refractivity contribution is 5.89. The molecule has 0 saturated carbocycles. The molecule has 7 rings (SSSR count). The molecule has 2 aromatic carbocycles. The van der Waals surface area contributed by atoms with Crippen LogP contribution in [0.15, 0.2) is 48.8 Å². The van der Waals surface area contributed by atoms with E-state index in [1.165, 1.54) is 14.2 Å². The first-order chi connectivity index (χ1) is 29.3. The lowest BCUT2D eigenvalue weighted by Crippen LogP contribution is -2.54. The number of alkyl carbamates (subject to hydrolysis) is 2. The first-order valence-electron chi connectivity index (χ1n) is 21.3. The summed E-state index contributed by atoms with van der Waals surface area (Å²) in [6.07, 6.45) is 5.07. The van der Waals surface area contributed by atoms with Gasteiger partial charge in [0.1, 0.15) is 29.4 Å². The number of nitrogens with zero attached hydrogens (tertiary/aromatic N) is 4.